The molecule has 0 spiro atoms. The smallest absolute Gasteiger partial charge is 0.243 e. The van der Waals surface area contributed by atoms with Gasteiger partial charge in [0.2, 0.25) is 11.8 Å². The molecule has 1 aromatic heterocycles. The number of hydrogen-bond acceptors (Lipinski definition) is 5. The summed E-state index contributed by atoms with van der Waals surface area (Å²) in [6.07, 6.45) is 2.58. The van der Waals surface area contributed by atoms with Gasteiger partial charge in [0.25, 0.3) is 0 Å². The van der Waals surface area contributed by atoms with E-state index in [0.29, 0.717) is 18.7 Å². The molecule has 0 aliphatic heterocycles. The number of amides is 2. The molecule has 1 aliphatic rings. The molecular weight excluding hydrogens is 422 g/mol. The van der Waals surface area contributed by atoms with Crippen molar-refractivity contribution in [3.8, 4) is 16.3 Å². The number of carbonyl (C=O) groups is 2. The summed E-state index contributed by atoms with van der Waals surface area (Å²) in [5.74, 6) is 0.432. The first-order valence-electron chi connectivity index (χ1n) is 10.9. The van der Waals surface area contributed by atoms with Crippen molar-refractivity contribution in [1.82, 2.24) is 15.6 Å². The zero-order chi connectivity index (χ0) is 22.3. The van der Waals surface area contributed by atoms with E-state index in [1.54, 1.807) is 0 Å². The first-order chi connectivity index (χ1) is 15.6. The molecular formula is C25H27N3O3S. The fraction of sp³-hybridized carbons (Fsp3) is 0.320. The van der Waals surface area contributed by atoms with Gasteiger partial charge in [0.15, 0.2) is 0 Å². The molecule has 2 amide bonds. The summed E-state index contributed by atoms with van der Waals surface area (Å²) < 4.78 is 5.70. The van der Waals surface area contributed by atoms with Crippen molar-refractivity contribution in [2.24, 2.45) is 0 Å². The lowest BCUT2D eigenvalue weighted by Gasteiger charge is -2.18. The van der Waals surface area contributed by atoms with Crippen LogP contribution in [0.1, 0.15) is 31.0 Å². The number of carbonyl (C=O) groups excluding carboxylic acids is 2. The Bertz CT molecular complexity index is 1060. The van der Waals surface area contributed by atoms with Crippen LogP contribution in [0.25, 0.3) is 10.6 Å². The number of aromatic nitrogens is 1. The van der Waals surface area contributed by atoms with Gasteiger partial charge in [-0.1, -0.05) is 42.5 Å². The molecule has 7 heteroatoms. The number of nitrogens with one attached hydrogen (secondary N) is 2. The molecule has 0 radical (unpaired) electrons. The van der Waals surface area contributed by atoms with Gasteiger partial charge in [-0.15, -0.1) is 11.3 Å². The van der Waals surface area contributed by atoms with Crippen LogP contribution in [0.5, 0.6) is 5.75 Å². The molecule has 4 rings (SSSR count). The van der Waals surface area contributed by atoms with E-state index in [4.69, 9.17) is 4.74 Å². The highest BCUT2D eigenvalue weighted by molar-refractivity contribution is 7.13. The Labute approximate surface area is 192 Å². The predicted molar refractivity (Wildman–Crippen MR) is 126 cm³/mol. The molecule has 1 saturated carbocycles. The average Bonchev–Trinajstić information content (AvgIpc) is 3.49. The van der Waals surface area contributed by atoms with Crippen molar-refractivity contribution in [3.05, 3.63) is 71.2 Å². The minimum Gasteiger partial charge on any atom is -0.493 e. The van der Waals surface area contributed by atoms with Gasteiger partial charge in [-0.3, -0.25) is 9.59 Å². The molecule has 2 aromatic carbocycles. The summed E-state index contributed by atoms with van der Waals surface area (Å²) in [7, 11) is 0. The largest absolute Gasteiger partial charge is 0.493 e. The number of para-hydroxylation sites is 1. The van der Waals surface area contributed by atoms with Gasteiger partial charge < -0.3 is 15.4 Å². The van der Waals surface area contributed by atoms with Crippen LogP contribution >= 0.6 is 11.3 Å². The Kier molecular flexibility index (Phi) is 7.17. The summed E-state index contributed by atoms with van der Waals surface area (Å²) in [5, 5.41) is 8.62. The van der Waals surface area contributed by atoms with E-state index in [2.05, 4.69) is 15.6 Å². The van der Waals surface area contributed by atoms with Crippen molar-refractivity contribution in [3.63, 3.8) is 0 Å². The van der Waals surface area contributed by atoms with Crippen LogP contribution in [0.2, 0.25) is 0 Å². The molecule has 1 heterocycles. The summed E-state index contributed by atoms with van der Waals surface area (Å²) in [6.45, 7) is 2.52. The van der Waals surface area contributed by atoms with Crippen LogP contribution in [-0.2, 0) is 22.4 Å². The fourth-order valence-corrected chi connectivity index (χ4v) is 4.28. The Hall–Kier alpha value is -3.19. The fourth-order valence-electron chi connectivity index (χ4n) is 3.43. The van der Waals surface area contributed by atoms with E-state index in [9.17, 15) is 9.59 Å². The third-order valence-electron chi connectivity index (χ3n) is 5.17. The minimum atomic E-state index is -0.609. The van der Waals surface area contributed by atoms with Crippen molar-refractivity contribution in [1.29, 1.82) is 0 Å². The van der Waals surface area contributed by atoms with Crippen LogP contribution < -0.4 is 15.4 Å². The maximum atomic E-state index is 12.8. The van der Waals surface area contributed by atoms with Gasteiger partial charge in [0.05, 0.1) is 24.3 Å². The normalized spacial score (nSPS) is 13.9. The van der Waals surface area contributed by atoms with Crippen LogP contribution in [0.15, 0.2) is 60.0 Å². The molecule has 0 saturated heterocycles. The van der Waals surface area contributed by atoms with E-state index in [0.717, 1.165) is 34.7 Å². The molecule has 3 aromatic rings. The zero-order valence-electron chi connectivity index (χ0n) is 18.0. The maximum absolute atomic E-state index is 12.8. The summed E-state index contributed by atoms with van der Waals surface area (Å²) in [4.78, 5) is 30.1. The molecule has 166 valence electrons. The second-order valence-electron chi connectivity index (χ2n) is 7.84. The summed E-state index contributed by atoms with van der Waals surface area (Å²) >= 11 is 1.48. The Balaban J connectivity index is 1.42. The highest BCUT2D eigenvalue weighted by Gasteiger charge is 2.28. The van der Waals surface area contributed by atoms with Gasteiger partial charge in [-0.05, 0) is 37.5 Å². The lowest BCUT2D eigenvalue weighted by atomic mass is 10.0. The zero-order valence-corrected chi connectivity index (χ0v) is 18.9. The van der Waals surface area contributed by atoms with Crippen LogP contribution in [0.3, 0.4) is 0 Å². The van der Waals surface area contributed by atoms with E-state index < -0.39 is 6.04 Å². The second kappa shape index (κ2) is 10.4. The quantitative estimate of drug-likeness (QED) is 0.494. The van der Waals surface area contributed by atoms with Crippen LogP contribution in [-0.4, -0.2) is 35.5 Å². The van der Waals surface area contributed by atoms with Gasteiger partial charge in [0.1, 0.15) is 16.8 Å². The maximum Gasteiger partial charge on any atom is 0.243 e. The number of rotatable bonds is 10. The Morgan fingerprint density at radius 2 is 1.88 bits per heavy atom. The predicted octanol–water partition coefficient (Wildman–Crippen LogP) is 3.76. The highest BCUT2D eigenvalue weighted by Crippen LogP contribution is 2.32. The van der Waals surface area contributed by atoms with Crippen molar-refractivity contribution in [2.45, 2.75) is 44.7 Å². The molecule has 1 fully saturated rings. The number of thiazole rings is 1. The standard InChI is InChI=1S/C25H27N3O3S/c1-2-31-22-11-7-6-10-20(22)25-27-19(16-32-25)15-23(29)28-21(24(30)26-18-12-13-18)14-17-8-4-3-5-9-17/h3-11,16,18,21H,2,12-15H2,1H3,(H,26,30)(H,28,29). The van der Waals surface area contributed by atoms with E-state index in [-0.39, 0.29) is 24.3 Å². The number of benzene rings is 2. The highest BCUT2D eigenvalue weighted by atomic mass is 32.1. The van der Waals surface area contributed by atoms with E-state index in [1.165, 1.54) is 11.3 Å². The summed E-state index contributed by atoms with van der Waals surface area (Å²) in [6, 6.07) is 17.1. The third-order valence-corrected chi connectivity index (χ3v) is 6.09. The van der Waals surface area contributed by atoms with Gasteiger partial charge in [-0.2, -0.15) is 0 Å². The molecule has 6 nitrogen and oxygen atoms in total. The molecule has 32 heavy (non-hydrogen) atoms. The van der Waals surface area contributed by atoms with Crippen molar-refractivity contribution in [2.75, 3.05) is 6.61 Å². The van der Waals surface area contributed by atoms with E-state index >= 15 is 0 Å². The van der Waals surface area contributed by atoms with E-state index in [1.807, 2.05) is 66.9 Å². The molecule has 1 atom stereocenters. The molecule has 1 aliphatic carbocycles. The SMILES string of the molecule is CCOc1ccccc1-c1nc(CC(=O)NC(Cc2ccccc2)C(=O)NC2CC2)cs1. The minimum absolute atomic E-state index is 0.120. The van der Waals surface area contributed by atoms with Gasteiger partial charge in [-0.25, -0.2) is 4.98 Å². The van der Waals surface area contributed by atoms with Crippen LogP contribution in [0.4, 0.5) is 0 Å². The number of hydrogen-bond donors (Lipinski definition) is 2. The Morgan fingerprint density at radius 1 is 1.12 bits per heavy atom. The van der Waals surface area contributed by atoms with Crippen LogP contribution in [0, 0.1) is 0 Å². The summed E-state index contributed by atoms with van der Waals surface area (Å²) in [5.41, 5.74) is 2.60. The lowest BCUT2D eigenvalue weighted by molar-refractivity contribution is -0.128. The van der Waals surface area contributed by atoms with Gasteiger partial charge >= 0.3 is 0 Å². The monoisotopic (exact) mass is 449 g/mol. The second-order valence-corrected chi connectivity index (χ2v) is 8.70. The van der Waals surface area contributed by atoms with Crippen molar-refractivity contribution >= 4 is 23.2 Å². The Morgan fingerprint density at radius 3 is 2.62 bits per heavy atom. The van der Waals surface area contributed by atoms with Gasteiger partial charge in [0, 0.05) is 17.8 Å². The molecule has 0 bridgehead atoms. The topological polar surface area (TPSA) is 80.3 Å². The third kappa shape index (κ3) is 5.95. The first kappa shape index (κ1) is 22.0. The lowest BCUT2D eigenvalue weighted by Crippen LogP contribution is -2.49. The molecule has 2 N–H and O–H groups in total. The number of ether oxygens (including phenoxy) is 1. The number of nitrogens with zero attached hydrogens (tertiary/aromatic N) is 1. The van der Waals surface area contributed by atoms with Crippen molar-refractivity contribution < 1.29 is 14.3 Å². The first-order valence-corrected chi connectivity index (χ1v) is 11.8. The molecule has 1 unspecified atom stereocenters. The average molecular weight is 450 g/mol.